The van der Waals surface area contributed by atoms with Crippen molar-refractivity contribution >= 4 is 0 Å². The molecule has 3 heteroatoms. The number of rotatable bonds is 2. The molecule has 0 spiro atoms. The molecule has 0 radical (unpaired) electrons. The van der Waals surface area contributed by atoms with Gasteiger partial charge in [-0.3, -0.25) is 0 Å². The average molecular weight is 202 g/mol. The molecule has 0 fully saturated rings. The SMILES string of the molecule is CC.CCc1ccc(CO)c(F)c1F. The van der Waals surface area contributed by atoms with Crippen molar-refractivity contribution in [2.24, 2.45) is 0 Å². The van der Waals surface area contributed by atoms with Crippen LogP contribution in [0.3, 0.4) is 0 Å². The number of aliphatic hydroxyl groups excluding tert-OH is 1. The third-order valence-corrected chi connectivity index (χ3v) is 1.79. The van der Waals surface area contributed by atoms with E-state index in [1.807, 2.05) is 13.8 Å². The van der Waals surface area contributed by atoms with Crippen LogP contribution in [0, 0.1) is 11.6 Å². The van der Waals surface area contributed by atoms with Crippen molar-refractivity contribution in [1.82, 2.24) is 0 Å². The molecule has 0 aliphatic rings. The quantitative estimate of drug-likeness (QED) is 0.781. The van der Waals surface area contributed by atoms with Crippen LogP contribution in [0.5, 0.6) is 0 Å². The molecule has 0 unspecified atom stereocenters. The second-order valence-corrected chi connectivity index (χ2v) is 2.52. The van der Waals surface area contributed by atoms with E-state index in [1.54, 1.807) is 6.92 Å². The third kappa shape index (κ3) is 2.77. The first-order chi connectivity index (χ1) is 6.70. The molecule has 1 rings (SSSR count). The van der Waals surface area contributed by atoms with Crippen LogP contribution >= 0.6 is 0 Å². The lowest BCUT2D eigenvalue weighted by molar-refractivity contribution is 0.273. The van der Waals surface area contributed by atoms with Crippen molar-refractivity contribution in [3.63, 3.8) is 0 Å². The summed E-state index contributed by atoms with van der Waals surface area (Å²) in [4.78, 5) is 0. The summed E-state index contributed by atoms with van der Waals surface area (Å²) in [6.45, 7) is 5.28. The van der Waals surface area contributed by atoms with Crippen LogP contribution in [0.1, 0.15) is 31.9 Å². The lowest BCUT2D eigenvalue weighted by Gasteiger charge is -2.03. The van der Waals surface area contributed by atoms with E-state index in [4.69, 9.17) is 5.11 Å². The molecule has 0 bridgehead atoms. The van der Waals surface area contributed by atoms with Gasteiger partial charge in [0.25, 0.3) is 0 Å². The summed E-state index contributed by atoms with van der Waals surface area (Å²) >= 11 is 0. The topological polar surface area (TPSA) is 20.2 Å². The number of hydrogen-bond acceptors (Lipinski definition) is 1. The Bertz CT molecular complexity index is 256. The zero-order valence-electron chi connectivity index (χ0n) is 8.77. The Morgan fingerprint density at radius 2 is 1.50 bits per heavy atom. The first-order valence-corrected chi connectivity index (χ1v) is 4.77. The molecule has 0 aliphatic heterocycles. The number of aryl methyl sites for hydroxylation is 1. The second-order valence-electron chi connectivity index (χ2n) is 2.52. The summed E-state index contributed by atoms with van der Waals surface area (Å²) in [7, 11) is 0. The Hall–Kier alpha value is -0.960. The van der Waals surface area contributed by atoms with Crippen LogP contribution in [0.25, 0.3) is 0 Å². The van der Waals surface area contributed by atoms with Gasteiger partial charge >= 0.3 is 0 Å². The van der Waals surface area contributed by atoms with Gasteiger partial charge in [-0.1, -0.05) is 32.9 Å². The Morgan fingerprint density at radius 1 is 1.07 bits per heavy atom. The highest BCUT2D eigenvalue weighted by Crippen LogP contribution is 2.16. The molecule has 0 atom stereocenters. The van der Waals surface area contributed by atoms with Gasteiger partial charge in [-0.25, -0.2) is 8.78 Å². The van der Waals surface area contributed by atoms with E-state index in [9.17, 15) is 8.78 Å². The number of hydrogen-bond donors (Lipinski definition) is 1. The van der Waals surface area contributed by atoms with Gasteiger partial charge in [0.1, 0.15) is 0 Å². The van der Waals surface area contributed by atoms with Crippen molar-refractivity contribution in [3.05, 3.63) is 34.9 Å². The highest BCUT2D eigenvalue weighted by molar-refractivity contribution is 5.25. The molecule has 1 nitrogen and oxygen atoms in total. The zero-order chi connectivity index (χ0) is 11.1. The average Bonchev–Trinajstić information content (AvgIpc) is 2.25. The predicted octanol–water partition coefficient (Wildman–Crippen LogP) is 3.05. The summed E-state index contributed by atoms with van der Waals surface area (Å²) < 4.78 is 25.9. The fourth-order valence-electron chi connectivity index (χ4n) is 1.02. The molecular formula is C11H16F2O. The van der Waals surface area contributed by atoms with Crippen molar-refractivity contribution in [2.45, 2.75) is 33.8 Å². The Labute approximate surface area is 83.4 Å². The monoisotopic (exact) mass is 202 g/mol. The largest absolute Gasteiger partial charge is 0.392 e. The maximum absolute atomic E-state index is 13.0. The van der Waals surface area contributed by atoms with Crippen LogP contribution < -0.4 is 0 Å². The van der Waals surface area contributed by atoms with Crippen LogP contribution in [-0.2, 0) is 13.0 Å². The molecule has 0 heterocycles. The van der Waals surface area contributed by atoms with E-state index < -0.39 is 18.2 Å². The molecule has 1 aromatic rings. The first kappa shape index (κ1) is 13.0. The van der Waals surface area contributed by atoms with Crippen LogP contribution in [0.4, 0.5) is 8.78 Å². The van der Waals surface area contributed by atoms with Gasteiger partial charge < -0.3 is 5.11 Å². The molecule has 14 heavy (non-hydrogen) atoms. The molecule has 0 aliphatic carbocycles. The molecule has 80 valence electrons. The molecule has 0 aromatic heterocycles. The lowest BCUT2D eigenvalue weighted by Crippen LogP contribution is -1.98. The Morgan fingerprint density at radius 3 is 1.93 bits per heavy atom. The van der Waals surface area contributed by atoms with Gasteiger partial charge in [-0.15, -0.1) is 0 Å². The number of benzene rings is 1. The fraction of sp³-hybridized carbons (Fsp3) is 0.455. The van der Waals surface area contributed by atoms with Crippen molar-refractivity contribution in [3.8, 4) is 0 Å². The number of aliphatic hydroxyl groups is 1. The smallest absolute Gasteiger partial charge is 0.164 e. The van der Waals surface area contributed by atoms with E-state index >= 15 is 0 Å². The van der Waals surface area contributed by atoms with Crippen LogP contribution in [0.2, 0.25) is 0 Å². The van der Waals surface area contributed by atoms with Crippen LogP contribution in [-0.4, -0.2) is 5.11 Å². The fourth-order valence-corrected chi connectivity index (χ4v) is 1.02. The highest BCUT2D eigenvalue weighted by Gasteiger charge is 2.10. The second kappa shape index (κ2) is 6.49. The van der Waals surface area contributed by atoms with E-state index in [-0.39, 0.29) is 5.56 Å². The van der Waals surface area contributed by atoms with E-state index in [0.29, 0.717) is 12.0 Å². The summed E-state index contributed by atoms with van der Waals surface area (Å²) in [6, 6.07) is 2.89. The molecule has 0 amide bonds. The number of halogens is 2. The van der Waals surface area contributed by atoms with Gasteiger partial charge in [0.2, 0.25) is 0 Å². The zero-order valence-corrected chi connectivity index (χ0v) is 8.77. The predicted molar refractivity (Wildman–Crippen MR) is 53.0 cm³/mol. The van der Waals surface area contributed by atoms with Crippen LogP contribution in [0.15, 0.2) is 12.1 Å². The molecular weight excluding hydrogens is 186 g/mol. The van der Waals surface area contributed by atoms with E-state index in [1.165, 1.54) is 12.1 Å². The normalized spacial score (nSPS) is 9.29. The minimum Gasteiger partial charge on any atom is -0.392 e. The summed E-state index contributed by atoms with van der Waals surface area (Å²) in [6.07, 6.45) is 0.453. The molecule has 0 saturated carbocycles. The summed E-state index contributed by atoms with van der Waals surface area (Å²) in [5.74, 6) is -1.78. The van der Waals surface area contributed by atoms with E-state index in [0.717, 1.165) is 0 Å². The molecule has 1 aromatic carbocycles. The first-order valence-electron chi connectivity index (χ1n) is 4.77. The Balaban J connectivity index is 0.000000791. The maximum Gasteiger partial charge on any atom is 0.164 e. The van der Waals surface area contributed by atoms with Gasteiger partial charge in [-0.05, 0) is 12.0 Å². The van der Waals surface area contributed by atoms with Gasteiger partial charge in [0, 0.05) is 5.56 Å². The minimum atomic E-state index is -0.933. The molecule has 1 N–H and O–H groups in total. The highest BCUT2D eigenvalue weighted by atomic mass is 19.2. The maximum atomic E-state index is 13.0. The third-order valence-electron chi connectivity index (χ3n) is 1.79. The van der Waals surface area contributed by atoms with Gasteiger partial charge in [0.15, 0.2) is 11.6 Å². The van der Waals surface area contributed by atoms with Crippen molar-refractivity contribution in [1.29, 1.82) is 0 Å². The van der Waals surface area contributed by atoms with Crippen molar-refractivity contribution in [2.75, 3.05) is 0 Å². The van der Waals surface area contributed by atoms with E-state index in [2.05, 4.69) is 0 Å². The Kier molecular flexibility index (Phi) is 6.04. The summed E-state index contributed by atoms with van der Waals surface area (Å²) in [5.41, 5.74) is 0.342. The minimum absolute atomic E-state index is 0.00435. The van der Waals surface area contributed by atoms with Gasteiger partial charge in [-0.2, -0.15) is 0 Å². The summed E-state index contributed by atoms with van der Waals surface area (Å²) in [5, 5.41) is 8.60. The lowest BCUT2D eigenvalue weighted by atomic mass is 10.1. The van der Waals surface area contributed by atoms with Gasteiger partial charge in [0.05, 0.1) is 6.61 Å². The molecule has 0 saturated heterocycles. The van der Waals surface area contributed by atoms with Crippen molar-refractivity contribution < 1.29 is 13.9 Å². The standard InChI is InChI=1S/C9H10F2O.C2H6/c1-2-6-3-4-7(5-12)9(11)8(6)10;1-2/h3-4,12H,2,5H2,1H3;1-2H3.